The number of halogens is 1. The highest BCUT2D eigenvalue weighted by molar-refractivity contribution is 5.33. The van der Waals surface area contributed by atoms with Crippen molar-refractivity contribution in [3.05, 3.63) is 53.7 Å². The van der Waals surface area contributed by atoms with E-state index in [-0.39, 0.29) is 12.4 Å². The topological polar surface area (TPSA) is 48.4 Å². The number of hydrogen-bond donors (Lipinski definition) is 1. The minimum Gasteiger partial charge on any atom is -0.481 e. The molecular formula is C13H14FNO2. The molecule has 0 spiro atoms. The first kappa shape index (κ1) is 11.7. The Morgan fingerprint density at radius 2 is 2.24 bits per heavy atom. The zero-order valence-electron chi connectivity index (χ0n) is 9.52. The maximum atomic E-state index is 13.1. The summed E-state index contributed by atoms with van der Waals surface area (Å²) in [6.45, 7) is 2.12. The van der Waals surface area contributed by atoms with Crippen molar-refractivity contribution < 1.29 is 13.5 Å². The fourth-order valence-corrected chi connectivity index (χ4v) is 1.55. The average molecular weight is 235 g/mol. The van der Waals surface area contributed by atoms with E-state index in [9.17, 15) is 4.39 Å². The van der Waals surface area contributed by atoms with Crippen LogP contribution in [-0.4, -0.2) is 6.54 Å². The van der Waals surface area contributed by atoms with Gasteiger partial charge in [-0.1, -0.05) is 6.07 Å². The maximum Gasteiger partial charge on any atom is 0.168 e. The van der Waals surface area contributed by atoms with E-state index in [0.717, 1.165) is 5.56 Å². The molecule has 2 rings (SSSR count). The average Bonchev–Trinajstić information content (AvgIpc) is 2.84. The quantitative estimate of drug-likeness (QED) is 0.886. The Morgan fingerprint density at radius 3 is 2.88 bits per heavy atom. The van der Waals surface area contributed by atoms with Crippen molar-refractivity contribution in [3.8, 4) is 5.75 Å². The molecule has 4 heteroatoms. The van der Waals surface area contributed by atoms with Crippen LogP contribution >= 0.6 is 0 Å². The van der Waals surface area contributed by atoms with E-state index < -0.39 is 6.10 Å². The highest BCUT2D eigenvalue weighted by atomic mass is 19.1. The van der Waals surface area contributed by atoms with Crippen LogP contribution in [-0.2, 0) is 0 Å². The SMILES string of the molecule is Cc1ccc(F)cc1OC(CN)c1ccco1. The predicted octanol–water partition coefficient (Wildman–Crippen LogP) is 2.81. The second-order valence-electron chi connectivity index (χ2n) is 3.77. The Balaban J connectivity index is 2.21. The van der Waals surface area contributed by atoms with Crippen molar-refractivity contribution in [1.29, 1.82) is 0 Å². The third kappa shape index (κ3) is 2.65. The van der Waals surface area contributed by atoms with Gasteiger partial charge in [-0.2, -0.15) is 0 Å². The molecule has 0 aliphatic carbocycles. The van der Waals surface area contributed by atoms with Crippen molar-refractivity contribution in [2.45, 2.75) is 13.0 Å². The molecular weight excluding hydrogens is 221 g/mol. The van der Waals surface area contributed by atoms with Crippen LogP contribution < -0.4 is 10.5 Å². The van der Waals surface area contributed by atoms with Crippen molar-refractivity contribution in [2.75, 3.05) is 6.54 Å². The van der Waals surface area contributed by atoms with E-state index in [4.69, 9.17) is 14.9 Å². The molecule has 1 atom stereocenters. The van der Waals surface area contributed by atoms with Gasteiger partial charge in [0.2, 0.25) is 0 Å². The van der Waals surface area contributed by atoms with E-state index in [2.05, 4.69) is 0 Å². The lowest BCUT2D eigenvalue weighted by Crippen LogP contribution is -2.18. The molecule has 1 heterocycles. The van der Waals surface area contributed by atoms with Crippen LogP contribution in [0.3, 0.4) is 0 Å². The number of aryl methyl sites for hydroxylation is 1. The van der Waals surface area contributed by atoms with Crippen LogP contribution in [0.1, 0.15) is 17.4 Å². The molecule has 90 valence electrons. The number of rotatable bonds is 4. The largest absolute Gasteiger partial charge is 0.481 e. The molecule has 1 aromatic carbocycles. The molecule has 2 aromatic rings. The molecule has 0 aliphatic rings. The van der Waals surface area contributed by atoms with Crippen LogP contribution in [0.4, 0.5) is 4.39 Å². The molecule has 3 nitrogen and oxygen atoms in total. The Morgan fingerprint density at radius 1 is 1.41 bits per heavy atom. The highest BCUT2D eigenvalue weighted by Gasteiger charge is 2.15. The smallest absolute Gasteiger partial charge is 0.168 e. The summed E-state index contributed by atoms with van der Waals surface area (Å²) < 4.78 is 24.0. The summed E-state index contributed by atoms with van der Waals surface area (Å²) >= 11 is 0. The van der Waals surface area contributed by atoms with Crippen molar-refractivity contribution >= 4 is 0 Å². The van der Waals surface area contributed by atoms with Crippen LogP contribution in [0.15, 0.2) is 41.0 Å². The van der Waals surface area contributed by atoms with Gasteiger partial charge in [-0.3, -0.25) is 0 Å². The molecule has 0 saturated heterocycles. The third-order valence-corrected chi connectivity index (χ3v) is 2.49. The zero-order chi connectivity index (χ0) is 12.3. The zero-order valence-corrected chi connectivity index (χ0v) is 9.52. The Labute approximate surface area is 99.0 Å². The van der Waals surface area contributed by atoms with Gasteiger partial charge in [-0.05, 0) is 30.7 Å². The molecule has 1 unspecified atom stereocenters. The first-order chi connectivity index (χ1) is 8.20. The minimum absolute atomic E-state index is 0.267. The molecule has 0 amide bonds. The van der Waals surface area contributed by atoms with Gasteiger partial charge >= 0.3 is 0 Å². The monoisotopic (exact) mass is 235 g/mol. The second-order valence-corrected chi connectivity index (χ2v) is 3.77. The lowest BCUT2D eigenvalue weighted by atomic mass is 10.2. The molecule has 0 fully saturated rings. The fraction of sp³-hybridized carbons (Fsp3) is 0.231. The summed E-state index contributed by atoms with van der Waals surface area (Å²) in [4.78, 5) is 0. The predicted molar refractivity (Wildman–Crippen MR) is 62.3 cm³/mol. The molecule has 0 aliphatic heterocycles. The van der Waals surface area contributed by atoms with E-state index in [1.165, 1.54) is 12.1 Å². The minimum atomic E-state index is -0.398. The lowest BCUT2D eigenvalue weighted by molar-refractivity contribution is 0.182. The summed E-state index contributed by atoms with van der Waals surface area (Å²) in [7, 11) is 0. The maximum absolute atomic E-state index is 13.1. The van der Waals surface area contributed by atoms with Gasteiger partial charge < -0.3 is 14.9 Å². The van der Waals surface area contributed by atoms with Crippen molar-refractivity contribution in [2.24, 2.45) is 5.73 Å². The Kier molecular flexibility index (Phi) is 3.44. The van der Waals surface area contributed by atoms with Gasteiger partial charge in [0.1, 0.15) is 17.3 Å². The van der Waals surface area contributed by atoms with E-state index >= 15 is 0 Å². The molecule has 0 radical (unpaired) electrons. The number of hydrogen-bond acceptors (Lipinski definition) is 3. The summed E-state index contributed by atoms with van der Waals surface area (Å²) in [5.41, 5.74) is 6.48. The van der Waals surface area contributed by atoms with E-state index in [1.807, 2.05) is 6.92 Å². The van der Waals surface area contributed by atoms with E-state index in [0.29, 0.717) is 11.5 Å². The van der Waals surface area contributed by atoms with Gasteiger partial charge in [0, 0.05) is 12.6 Å². The van der Waals surface area contributed by atoms with Gasteiger partial charge in [0.05, 0.1) is 6.26 Å². The summed E-state index contributed by atoms with van der Waals surface area (Å²) in [5.74, 6) is 0.786. The number of ether oxygens (including phenoxy) is 1. The van der Waals surface area contributed by atoms with Crippen LogP contribution in [0.2, 0.25) is 0 Å². The summed E-state index contributed by atoms with van der Waals surface area (Å²) in [6.07, 6.45) is 1.16. The number of benzene rings is 1. The normalized spacial score (nSPS) is 12.4. The second kappa shape index (κ2) is 5.01. The van der Waals surface area contributed by atoms with Gasteiger partial charge in [-0.15, -0.1) is 0 Å². The fourth-order valence-electron chi connectivity index (χ4n) is 1.55. The molecule has 17 heavy (non-hydrogen) atoms. The van der Waals surface area contributed by atoms with Crippen LogP contribution in [0.25, 0.3) is 0 Å². The first-order valence-electron chi connectivity index (χ1n) is 5.37. The van der Waals surface area contributed by atoms with Crippen molar-refractivity contribution in [3.63, 3.8) is 0 Å². The molecule has 0 saturated carbocycles. The number of nitrogens with two attached hydrogens (primary N) is 1. The summed E-state index contributed by atoms with van der Waals surface area (Å²) in [5, 5.41) is 0. The Bertz CT molecular complexity index is 482. The lowest BCUT2D eigenvalue weighted by Gasteiger charge is -2.16. The van der Waals surface area contributed by atoms with E-state index in [1.54, 1.807) is 24.5 Å². The molecule has 0 bridgehead atoms. The van der Waals surface area contributed by atoms with Gasteiger partial charge in [0.25, 0.3) is 0 Å². The van der Waals surface area contributed by atoms with Gasteiger partial charge in [0.15, 0.2) is 6.10 Å². The Hall–Kier alpha value is -1.81. The van der Waals surface area contributed by atoms with Gasteiger partial charge in [-0.25, -0.2) is 4.39 Å². The first-order valence-corrected chi connectivity index (χ1v) is 5.37. The van der Waals surface area contributed by atoms with Crippen molar-refractivity contribution in [1.82, 2.24) is 0 Å². The standard InChI is InChI=1S/C13H14FNO2/c1-9-4-5-10(14)7-12(9)17-13(8-15)11-3-2-6-16-11/h2-7,13H,8,15H2,1H3. The molecule has 2 N–H and O–H groups in total. The highest BCUT2D eigenvalue weighted by Crippen LogP contribution is 2.25. The molecule has 1 aromatic heterocycles. The third-order valence-electron chi connectivity index (χ3n) is 2.49. The summed E-state index contributed by atoms with van der Waals surface area (Å²) in [6, 6.07) is 7.96. The van der Waals surface area contributed by atoms with Crippen LogP contribution in [0, 0.1) is 12.7 Å². The van der Waals surface area contributed by atoms with Crippen LogP contribution in [0.5, 0.6) is 5.75 Å². The number of furan rings is 1.